The Morgan fingerprint density at radius 1 is 1.26 bits per heavy atom. The molecule has 27 heavy (non-hydrogen) atoms. The van der Waals surface area contributed by atoms with Crippen LogP contribution in [0.3, 0.4) is 0 Å². The summed E-state index contributed by atoms with van der Waals surface area (Å²) in [6, 6.07) is 8.78. The quantitative estimate of drug-likeness (QED) is 0.672. The number of nitrogens with zero attached hydrogens (tertiary/aromatic N) is 3. The molecule has 2 aromatic heterocycles. The summed E-state index contributed by atoms with van der Waals surface area (Å²) in [5, 5.41) is 4.33. The molecule has 140 valence electrons. The van der Waals surface area contributed by atoms with Crippen molar-refractivity contribution in [2.24, 2.45) is 0 Å². The Morgan fingerprint density at radius 2 is 2.11 bits per heavy atom. The zero-order valence-corrected chi connectivity index (χ0v) is 15.7. The minimum Gasteiger partial charge on any atom is -0.662 e. The SMILES string of the molecule is C[N-]C1CC=C(c2cn(S(=O)(=O)c3cccc(F)c3)c3cccnc23)CC1. The molecule has 0 fully saturated rings. The number of rotatable bonds is 4. The maximum absolute atomic E-state index is 13.6. The standard InChI is InChI=1S/C20H19FN3O2S/c1-22-16-9-7-14(8-10-16)18-13-24(19-6-3-11-23-20(18)19)27(25,26)17-5-2-4-15(21)12-17/h2-7,11-13,16H,8-10H2,1H3/q-1. The van der Waals surface area contributed by atoms with Gasteiger partial charge in [0.1, 0.15) is 5.82 Å². The maximum Gasteiger partial charge on any atom is 0.268 e. The molecule has 2 heterocycles. The van der Waals surface area contributed by atoms with E-state index in [-0.39, 0.29) is 4.90 Å². The molecule has 1 aliphatic carbocycles. The maximum atomic E-state index is 13.6. The molecule has 5 nitrogen and oxygen atoms in total. The zero-order valence-electron chi connectivity index (χ0n) is 14.8. The van der Waals surface area contributed by atoms with Crippen LogP contribution in [0, 0.1) is 5.82 Å². The Hall–Kier alpha value is -2.51. The van der Waals surface area contributed by atoms with Crippen LogP contribution in [0.15, 0.2) is 59.8 Å². The van der Waals surface area contributed by atoms with Crippen molar-refractivity contribution in [2.45, 2.75) is 30.2 Å². The molecule has 3 aromatic rings. The van der Waals surface area contributed by atoms with Gasteiger partial charge in [-0.3, -0.25) is 4.98 Å². The van der Waals surface area contributed by atoms with Gasteiger partial charge in [0.25, 0.3) is 10.0 Å². The van der Waals surface area contributed by atoms with Gasteiger partial charge in [0, 0.05) is 18.0 Å². The molecule has 1 aromatic carbocycles. The van der Waals surface area contributed by atoms with Crippen LogP contribution in [-0.4, -0.2) is 30.5 Å². The van der Waals surface area contributed by atoms with Gasteiger partial charge in [-0.25, -0.2) is 16.8 Å². The third kappa shape index (κ3) is 3.17. The molecular formula is C20H19FN3O2S-. The number of allylic oxidation sites excluding steroid dienone is 1. The Bertz CT molecular complexity index is 1140. The highest BCUT2D eigenvalue weighted by Gasteiger charge is 2.24. The first-order valence-corrected chi connectivity index (χ1v) is 10.2. The molecule has 0 bridgehead atoms. The molecular weight excluding hydrogens is 365 g/mol. The summed E-state index contributed by atoms with van der Waals surface area (Å²) in [7, 11) is -2.11. The minimum atomic E-state index is -3.93. The van der Waals surface area contributed by atoms with Gasteiger partial charge in [-0.05, 0) is 42.3 Å². The Balaban J connectivity index is 1.87. The Morgan fingerprint density at radius 3 is 2.81 bits per heavy atom. The predicted molar refractivity (Wildman–Crippen MR) is 104 cm³/mol. The normalized spacial score (nSPS) is 17.9. The highest BCUT2D eigenvalue weighted by molar-refractivity contribution is 7.90. The van der Waals surface area contributed by atoms with Crippen molar-refractivity contribution in [2.75, 3.05) is 7.05 Å². The van der Waals surface area contributed by atoms with E-state index in [0.717, 1.165) is 36.5 Å². The number of hydrogen-bond acceptors (Lipinski definition) is 3. The summed E-state index contributed by atoms with van der Waals surface area (Å²) in [4.78, 5) is 4.33. The smallest absolute Gasteiger partial charge is 0.268 e. The molecule has 7 heteroatoms. The lowest BCUT2D eigenvalue weighted by Gasteiger charge is -2.30. The van der Waals surface area contributed by atoms with Crippen LogP contribution in [0.2, 0.25) is 0 Å². The fraction of sp³-hybridized carbons (Fsp3) is 0.250. The van der Waals surface area contributed by atoms with Crippen molar-refractivity contribution in [3.05, 3.63) is 71.6 Å². The van der Waals surface area contributed by atoms with E-state index in [9.17, 15) is 12.8 Å². The van der Waals surface area contributed by atoms with Crippen LogP contribution in [0.25, 0.3) is 21.9 Å². The first-order chi connectivity index (χ1) is 13.0. The third-order valence-electron chi connectivity index (χ3n) is 4.97. The monoisotopic (exact) mass is 384 g/mol. The van der Waals surface area contributed by atoms with Gasteiger partial charge in [0.2, 0.25) is 0 Å². The molecule has 0 radical (unpaired) electrons. The van der Waals surface area contributed by atoms with Crippen molar-refractivity contribution in [1.82, 2.24) is 8.96 Å². The van der Waals surface area contributed by atoms with Gasteiger partial charge in [-0.2, -0.15) is 7.05 Å². The number of aromatic nitrogens is 2. The van der Waals surface area contributed by atoms with Gasteiger partial charge >= 0.3 is 0 Å². The molecule has 4 rings (SSSR count). The van der Waals surface area contributed by atoms with Crippen molar-refractivity contribution >= 4 is 26.6 Å². The molecule has 0 saturated heterocycles. The predicted octanol–water partition coefficient (Wildman–Crippen LogP) is 4.35. The summed E-state index contributed by atoms with van der Waals surface area (Å²) in [5.74, 6) is -0.588. The summed E-state index contributed by atoms with van der Waals surface area (Å²) < 4.78 is 41.1. The van der Waals surface area contributed by atoms with Crippen LogP contribution in [0.1, 0.15) is 24.8 Å². The van der Waals surface area contributed by atoms with E-state index in [1.54, 1.807) is 24.5 Å². The van der Waals surface area contributed by atoms with Crippen LogP contribution in [0.4, 0.5) is 4.39 Å². The van der Waals surface area contributed by atoms with Crippen molar-refractivity contribution in [3.8, 4) is 0 Å². The van der Waals surface area contributed by atoms with Crippen LogP contribution >= 0.6 is 0 Å². The number of hydrogen-bond donors (Lipinski definition) is 0. The number of halogens is 1. The average Bonchev–Trinajstić information content (AvgIpc) is 3.08. The molecule has 1 atom stereocenters. The lowest BCUT2D eigenvalue weighted by Crippen LogP contribution is -2.12. The third-order valence-corrected chi connectivity index (χ3v) is 6.64. The van der Waals surface area contributed by atoms with E-state index in [1.807, 2.05) is 7.05 Å². The second-order valence-corrected chi connectivity index (χ2v) is 8.40. The molecule has 0 amide bonds. The van der Waals surface area contributed by atoms with Crippen LogP contribution in [0.5, 0.6) is 0 Å². The number of pyridine rings is 1. The molecule has 0 N–H and O–H groups in total. The Kier molecular flexibility index (Phi) is 4.57. The highest BCUT2D eigenvalue weighted by atomic mass is 32.2. The first kappa shape index (κ1) is 17.9. The molecule has 0 spiro atoms. The van der Waals surface area contributed by atoms with Crippen molar-refractivity contribution < 1.29 is 12.8 Å². The summed E-state index contributed by atoms with van der Waals surface area (Å²) in [6.45, 7) is 0. The fourth-order valence-electron chi connectivity index (χ4n) is 3.50. The molecule has 1 aliphatic rings. The topological polar surface area (TPSA) is 66.1 Å². The van der Waals surface area contributed by atoms with Gasteiger partial charge in [0.15, 0.2) is 0 Å². The average molecular weight is 384 g/mol. The first-order valence-electron chi connectivity index (χ1n) is 8.76. The molecule has 1 unspecified atom stereocenters. The minimum absolute atomic E-state index is 0.0859. The van der Waals surface area contributed by atoms with Gasteiger partial charge < -0.3 is 5.32 Å². The zero-order chi connectivity index (χ0) is 19.0. The highest BCUT2D eigenvalue weighted by Crippen LogP contribution is 2.35. The van der Waals surface area contributed by atoms with E-state index in [4.69, 9.17) is 0 Å². The largest absolute Gasteiger partial charge is 0.662 e. The number of benzene rings is 1. The van der Waals surface area contributed by atoms with Gasteiger partial charge in [-0.15, -0.1) is 6.04 Å². The van der Waals surface area contributed by atoms with E-state index in [0.29, 0.717) is 17.1 Å². The second kappa shape index (κ2) is 6.90. The molecule has 0 aliphatic heterocycles. The van der Waals surface area contributed by atoms with E-state index in [2.05, 4.69) is 16.4 Å². The lowest BCUT2D eigenvalue weighted by molar-refractivity contribution is 0.584. The molecule has 0 saturated carbocycles. The number of fused-ring (bicyclic) bond motifs is 1. The van der Waals surface area contributed by atoms with Crippen LogP contribution in [-0.2, 0) is 10.0 Å². The van der Waals surface area contributed by atoms with Gasteiger partial charge in [0.05, 0.1) is 15.9 Å². The van der Waals surface area contributed by atoms with Crippen molar-refractivity contribution in [1.29, 1.82) is 0 Å². The van der Waals surface area contributed by atoms with Gasteiger partial charge in [-0.1, -0.05) is 25.0 Å². The fourth-order valence-corrected chi connectivity index (χ4v) is 4.89. The summed E-state index contributed by atoms with van der Waals surface area (Å²) >= 11 is 0. The van der Waals surface area contributed by atoms with E-state index in [1.165, 1.54) is 22.2 Å². The van der Waals surface area contributed by atoms with E-state index < -0.39 is 15.8 Å². The summed E-state index contributed by atoms with van der Waals surface area (Å²) in [6.07, 6.45) is 7.95. The Labute approximate surface area is 157 Å². The second-order valence-electron chi connectivity index (χ2n) is 6.59. The lowest BCUT2D eigenvalue weighted by atomic mass is 9.91. The van der Waals surface area contributed by atoms with E-state index >= 15 is 0 Å². The van der Waals surface area contributed by atoms with Crippen LogP contribution < -0.4 is 0 Å². The van der Waals surface area contributed by atoms with Crippen molar-refractivity contribution in [3.63, 3.8) is 0 Å². The summed E-state index contributed by atoms with van der Waals surface area (Å²) in [5.41, 5.74) is 3.00.